The lowest BCUT2D eigenvalue weighted by Gasteiger charge is -2.23. The van der Waals surface area contributed by atoms with Crippen molar-refractivity contribution >= 4 is 0 Å². The zero-order valence-corrected chi connectivity index (χ0v) is 9.62. The Morgan fingerprint density at radius 2 is 1.93 bits per heavy atom. The maximum Gasteiger partial charge on any atom is 0.0930 e. The van der Waals surface area contributed by atoms with E-state index in [0.29, 0.717) is 6.61 Å². The summed E-state index contributed by atoms with van der Waals surface area (Å²) in [5.41, 5.74) is 2.18. The number of hydrogen-bond donors (Lipinski definition) is 1. The van der Waals surface area contributed by atoms with Crippen molar-refractivity contribution in [2.24, 2.45) is 5.90 Å². The van der Waals surface area contributed by atoms with Crippen molar-refractivity contribution in [1.29, 1.82) is 0 Å². The first-order valence-corrected chi connectivity index (χ1v) is 5.02. The van der Waals surface area contributed by atoms with E-state index in [1.807, 2.05) is 12.1 Å². The van der Waals surface area contributed by atoms with Crippen LogP contribution in [-0.4, -0.2) is 12.7 Å². The van der Waals surface area contributed by atoms with E-state index in [9.17, 15) is 0 Å². The van der Waals surface area contributed by atoms with Gasteiger partial charge >= 0.3 is 0 Å². The highest BCUT2D eigenvalue weighted by Crippen LogP contribution is 2.17. The largest absolute Gasteiger partial charge is 0.378 e. The summed E-state index contributed by atoms with van der Waals surface area (Å²) in [4.78, 5) is 4.61. The second kappa shape index (κ2) is 5.26. The van der Waals surface area contributed by atoms with Gasteiger partial charge in [0.1, 0.15) is 0 Å². The molecule has 15 heavy (non-hydrogen) atoms. The molecular formula is C12H19NO2. The molecule has 0 bridgehead atoms. The zero-order valence-electron chi connectivity index (χ0n) is 9.62. The van der Waals surface area contributed by atoms with E-state index in [1.165, 1.54) is 5.56 Å². The highest BCUT2D eigenvalue weighted by molar-refractivity contribution is 5.24. The summed E-state index contributed by atoms with van der Waals surface area (Å²) < 4.78 is 5.39. The van der Waals surface area contributed by atoms with Crippen molar-refractivity contribution in [1.82, 2.24) is 0 Å². The molecule has 0 atom stereocenters. The molecule has 0 spiro atoms. The molecule has 0 unspecified atom stereocenters. The number of nitrogens with two attached hydrogens (primary N) is 1. The normalized spacial score (nSPS) is 11.7. The predicted molar refractivity (Wildman–Crippen MR) is 60.2 cm³/mol. The maximum atomic E-state index is 5.39. The molecule has 0 aliphatic carbocycles. The van der Waals surface area contributed by atoms with Crippen molar-refractivity contribution < 1.29 is 9.57 Å². The van der Waals surface area contributed by atoms with E-state index in [2.05, 4.69) is 30.8 Å². The highest BCUT2D eigenvalue weighted by atomic mass is 16.6. The Morgan fingerprint density at radius 3 is 2.53 bits per heavy atom. The van der Waals surface area contributed by atoms with Gasteiger partial charge in [-0.05, 0) is 25.0 Å². The minimum absolute atomic E-state index is 0.137. The summed E-state index contributed by atoms with van der Waals surface area (Å²) in [7, 11) is 1.73. The summed E-state index contributed by atoms with van der Waals surface area (Å²) >= 11 is 0. The second-order valence-electron chi connectivity index (χ2n) is 4.27. The minimum atomic E-state index is -0.137. The number of hydrogen-bond acceptors (Lipinski definition) is 3. The van der Waals surface area contributed by atoms with E-state index in [-0.39, 0.29) is 5.60 Å². The summed E-state index contributed by atoms with van der Waals surface area (Å²) in [6.45, 7) is 4.58. The molecule has 0 amide bonds. The second-order valence-corrected chi connectivity index (χ2v) is 4.27. The zero-order chi connectivity index (χ0) is 11.3. The Bertz CT molecular complexity index is 310. The van der Waals surface area contributed by atoms with Crippen LogP contribution in [-0.2, 0) is 22.6 Å². The molecule has 1 rings (SSSR count). The first-order chi connectivity index (χ1) is 7.07. The molecule has 0 saturated heterocycles. The Hall–Kier alpha value is -0.900. The molecule has 0 saturated carbocycles. The van der Waals surface area contributed by atoms with Gasteiger partial charge in [-0.1, -0.05) is 24.3 Å². The molecule has 1 aromatic rings. The van der Waals surface area contributed by atoms with Gasteiger partial charge in [0.05, 0.1) is 12.2 Å². The van der Waals surface area contributed by atoms with E-state index in [4.69, 9.17) is 10.6 Å². The van der Waals surface area contributed by atoms with Crippen LogP contribution in [0.1, 0.15) is 25.0 Å². The SMILES string of the molecule is COC(C)(C)Cc1cccc(CON)c1. The number of rotatable bonds is 5. The van der Waals surface area contributed by atoms with E-state index in [0.717, 1.165) is 12.0 Å². The molecule has 0 aliphatic rings. The fraction of sp³-hybridized carbons (Fsp3) is 0.500. The van der Waals surface area contributed by atoms with Crippen LogP contribution in [0.3, 0.4) is 0 Å². The topological polar surface area (TPSA) is 44.5 Å². The first-order valence-electron chi connectivity index (χ1n) is 5.02. The third-order valence-corrected chi connectivity index (χ3v) is 2.42. The van der Waals surface area contributed by atoms with Crippen LogP contribution >= 0.6 is 0 Å². The first kappa shape index (κ1) is 12.2. The van der Waals surface area contributed by atoms with E-state index in [1.54, 1.807) is 7.11 Å². The van der Waals surface area contributed by atoms with Crippen LogP contribution < -0.4 is 5.90 Å². The smallest absolute Gasteiger partial charge is 0.0930 e. The van der Waals surface area contributed by atoms with Gasteiger partial charge in [-0.25, -0.2) is 5.90 Å². The minimum Gasteiger partial charge on any atom is -0.378 e. The standard InChI is InChI=1S/C12H19NO2/c1-12(2,14-3)8-10-5-4-6-11(7-10)9-15-13/h4-7H,8-9,13H2,1-3H3. The molecule has 0 radical (unpaired) electrons. The summed E-state index contributed by atoms with van der Waals surface area (Å²) in [6, 6.07) is 8.18. The average Bonchev–Trinajstić information content (AvgIpc) is 2.18. The molecule has 2 N–H and O–H groups in total. The fourth-order valence-electron chi connectivity index (χ4n) is 1.49. The van der Waals surface area contributed by atoms with Crippen LogP contribution in [0.25, 0.3) is 0 Å². The highest BCUT2D eigenvalue weighted by Gasteiger charge is 2.16. The summed E-state index contributed by atoms with van der Waals surface area (Å²) in [5, 5.41) is 0. The lowest BCUT2D eigenvalue weighted by Crippen LogP contribution is -2.25. The van der Waals surface area contributed by atoms with Crippen molar-refractivity contribution in [3.63, 3.8) is 0 Å². The average molecular weight is 209 g/mol. The molecule has 0 fully saturated rings. The Morgan fingerprint density at radius 1 is 1.27 bits per heavy atom. The van der Waals surface area contributed by atoms with Crippen LogP contribution in [0, 0.1) is 0 Å². The number of ether oxygens (including phenoxy) is 1. The van der Waals surface area contributed by atoms with Crippen molar-refractivity contribution in [3.05, 3.63) is 35.4 Å². The molecular weight excluding hydrogens is 190 g/mol. The lowest BCUT2D eigenvalue weighted by molar-refractivity contribution is 0.0231. The van der Waals surface area contributed by atoms with Crippen LogP contribution in [0.4, 0.5) is 0 Å². The van der Waals surface area contributed by atoms with Crippen LogP contribution in [0.2, 0.25) is 0 Å². The van der Waals surface area contributed by atoms with Gasteiger partial charge in [-0.15, -0.1) is 0 Å². The molecule has 0 aliphatic heterocycles. The third kappa shape index (κ3) is 4.00. The summed E-state index contributed by atoms with van der Waals surface area (Å²) in [6.07, 6.45) is 0.877. The predicted octanol–water partition coefficient (Wildman–Crippen LogP) is 2.04. The molecule has 84 valence electrons. The molecule has 3 heteroatoms. The lowest BCUT2D eigenvalue weighted by atomic mass is 9.97. The molecule has 3 nitrogen and oxygen atoms in total. The van der Waals surface area contributed by atoms with Gasteiger partial charge in [-0.3, -0.25) is 4.84 Å². The van der Waals surface area contributed by atoms with Gasteiger partial charge in [0.25, 0.3) is 0 Å². The molecule has 1 aromatic carbocycles. The third-order valence-electron chi connectivity index (χ3n) is 2.42. The van der Waals surface area contributed by atoms with E-state index < -0.39 is 0 Å². The Balaban J connectivity index is 2.73. The van der Waals surface area contributed by atoms with Gasteiger partial charge < -0.3 is 4.74 Å². The maximum absolute atomic E-state index is 5.39. The Kier molecular flexibility index (Phi) is 4.27. The number of methoxy groups -OCH3 is 1. The van der Waals surface area contributed by atoms with E-state index >= 15 is 0 Å². The van der Waals surface area contributed by atoms with Gasteiger partial charge in [0.2, 0.25) is 0 Å². The van der Waals surface area contributed by atoms with Crippen molar-refractivity contribution in [2.75, 3.05) is 7.11 Å². The molecule has 0 aromatic heterocycles. The van der Waals surface area contributed by atoms with Crippen molar-refractivity contribution in [3.8, 4) is 0 Å². The fourth-order valence-corrected chi connectivity index (χ4v) is 1.49. The number of benzene rings is 1. The van der Waals surface area contributed by atoms with Crippen LogP contribution in [0.5, 0.6) is 0 Å². The van der Waals surface area contributed by atoms with Gasteiger partial charge in [-0.2, -0.15) is 0 Å². The molecule has 0 heterocycles. The quantitative estimate of drug-likeness (QED) is 0.755. The summed E-state index contributed by atoms with van der Waals surface area (Å²) in [5.74, 6) is 5.04. The van der Waals surface area contributed by atoms with Gasteiger partial charge in [0.15, 0.2) is 0 Å². The van der Waals surface area contributed by atoms with Crippen LogP contribution in [0.15, 0.2) is 24.3 Å². The monoisotopic (exact) mass is 209 g/mol. The Labute approximate surface area is 91.1 Å². The van der Waals surface area contributed by atoms with Crippen molar-refractivity contribution in [2.45, 2.75) is 32.5 Å². The van der Waals surface area contributed by atoms with Gasteiger partial charge in [0, 0.05) is 13.5 Å².